The van der Waals surface area contributed by atoms with Gasteiger partial charge in [0.05, 0.1) is 11.4 Å². The minimum absolute atomic E-state index is 0.0843. The molecular formula is C19H21N5OS. The molecule has 2 aromatic carbocycles. The Kier molecular flexibility index (Phi) is 6.38. The molecule has 0 aliphatic heterocycles. The average Bonchev–Trinajstić information content (AvgIpc) is 3.15. The number of tetrazole rings is 1. The Morgan fingerprint density at radius 1 is 1.12 bits per heavy atom. The van der Waals surface area contributed by atoms with Crippen molar-refractivity contribution < 1.29 is 4.79 Å². The number of amides is 1. The largest absolute Gasteiger partial charge is 0.325 e. The van der Waals surface area contributed by atoms with Crippen LogP contribution in [0.5, 0.6) is 0 Å². The third-order valence-electron chi connectivity index (χ3n) is 3.83. The summed E-state index contributed by atoms with van der Waals surface area (Å²) < 4.78 is 1.63. The van der Waals surface area contributed by atoms with Gasteiger partial charge in [-0.25, -0.2) is 0 Å². The van der Waals surface area contributed by atoms with E-state index in [1.54, 1.807) is 4.68 Å². The number of nitrogens with one attached hydrogen (secondary N) is 1. The van der Waals surface area contributed by atoms with Gasteiger partial charge in [0.1, 0.15) is 0 Å². The van der Waals surface area contributed by atoms with Crippen LogP contribution in [0, 0.1) is 0 Å². The highest BCUT2D eigenvalue weighted by Gasteiger charge is 2.11. The molecule has 3 aromatic rings. The first kappa shape index (κ1) is 18.1. The maximum atomic E-state index is 12.2. The number of benzene rings is 2. The van der Waals surface area contributed by atoms with Crippen molar-refractivity contribution in [2.24, 2.45) is 0 Å². The maximum Gasteiger partial charge on any atom is 0.234 e. The summed E-state index contributed by atoms with van der Waals surface area (Å²) in [6.45, 7) is 2.18. The van der Waals surface area contributed by atoms with Gasteiger partial charge in [-0.2, -0.15) is 4.68 Å². The highest BCUT2D eigenvalue weighted by Crippen LogP contribution is 2.18. The zero-order chi connectivity index (χ0) is 18.2. The number of anilines is 1. The predicted molar refractivity (Wildman–Crippen MR) is 104 cm³/mol. The summed E-state index contributed by atoms with van der Waals surface area (Å²) >= 11 is 1.30. The number of hydrogen-bond acceptors (Lipinski definition) is 5. The molecular weight excluding hydrogens is 346 g/mol. The van der Waals surface area contributed by atoms with Crippen molar-refractivity contribution in [3.63, 3.8) is 0 Å². The summed E-state index contributed by atoms with van der Waals surface area (Å²) in [5.41, 5.74) is 2.96. The van der Waals surface area contributed by atoms with E-state index in [0.29, 0.717) is 5.16 Å². The fourth-order valence-corrected chi connectivity index (χ4v) is 3.15. The number of nitrogens with zero attached hydrogens (tertiary/aromatic N) is 4. The summed E-state index contributed by atoms with van der Waals surface area (Å²) in [5.74, 6) is 0.157. The predicted octanol–water partition coefficient (Wildman–Crippen LogP) is 3.74. The molecule has 0 spiro atoms. The van der Waals surface area contributed by atoms with Gasteiger partial charge in [-0.3, -0.25) is 4.79 Å². The molecule has 6 nitrogen and oxygen atoms in total. The fourth-order valence-electron chi connectivity index (χ4n) is 2.46. The molecule has 1 heterocycles. The third kappa shape index (κ3) is 4.92. The van der Waals surface area contributed by atoms with Gasteiger partial charge in [-0.15, -0.1) is 5.10 Å². The molecule has 7 heteroatoms. The second-order valence-corrected chi connectivity index (χ2v) is 6.79. The Bertz CT molecular complexity index is 833. The van der Waals surface area contributed by atoms with Crippen LogP contribution in [-0.2, 0) is 11.2 Å². The Morgan fingerprint density at radius 3 is 2.62 bits per heavy atom. The number of hydrogen-bond donors (Lipinski definition) is 1. The van der Waals surface area contributed by atoms with E-state index in [2.05, 4.69) is 39.9 Å². The van der Waals surface area contributed by atoms with E-state index < -0.39 is 0 Å². The van der Waals surface area contributed by atoms with Crippen LogP contribution < -0.4 is 5.32 Å². The number of aromatic nitrogens is 4. The molecule has 0 aliphatic rings. The molecule has 0 atom stereocenters. The second-order valence-electron chi connectivity index (χ2n) is 5.85. The normalized spacial score (nSPS) is 10.7. The second kappa shape index (κ2) is 9.15. The number of unbranched alkanes of at least 4 members (excludes halogenated alkanes) is 1. The lowest BCUT2D eigenvalue weighted by Crippen LogP contribution is -2.14. The molecule has 1 amide bonds. The number of aryl methyl sites for hydroxylation is 1. The minimum Gasteiger partial charge on any atom is -0.325 e. The third-order valence-corrected chi connectivity index (χ3v) is 4.75. The molecule has 0 radical (unpaired) electrons. The first-order valence-electron chi connectivity index (χ1n) is 8.61. The van der Waals surface area contributed by atoms with Crippen LogP contribution in [0.2, 0.25) is 0 Å². The molecule has 0 saturated heterocycles. The molecule has 0 unspecified atom stereocenters. The Labute approximate surface area is 157 Å². The van der Waals surface area contributed by atoms with Gasteiger partial charge in [0.25, 0.3) is 0 Å². The van der Waals surface area contributed by atoms with E-state index in [1.807, 2.05) is 42.5 Å². The molecule has 0 saturated carbocycles. The summed E-state index contributed by atoms with van der Waals surface area (Å²) in [5, 5.41) is 15.2. The first-order valence-corrected chi connectivity index (χ1v) is 9.60. The van der Waals surface area contributed by atoms with Crippen LogP contribution in [0.1, 0.15) is 25.3 Å². The van der Waals surface area contributed by atoms with Crippen LogP contribution in [0.25, 0.3) is 5.69 Å². The van der Waals surface area contributed by atoms with Crippen molar-refractivity contribution in [2.75, 3.05) is 11.1 Å². The lowest BCUT2D eigenvalue weighted by Gasteiger charge is -2.07. The Hall–Kier alpha value is -2.67. The van der Waals surface area contributed by atoms with Crippen LogP contribution in [-0.4, -0.2) is 31.9 Å². The van der Waals surface area contributed by atoms with Crippen LogP contribution in [0.4, 0.5) is 5.69 Å². The highest BCUT2D eigenvalue weighted by atomic mass is 32.2. The summed E-state index contributed by atoms with van der Waals surface area (Å²) in [6.07, 6.45) is 3.43. The number of carbonyl (C=O) groups excluding carboxylic acids is 1. The van der Waals surface area contributed by atoms with E-state index in [4.69, 9.17) is 0 Å². The van der Waals surface area contributed by atoms with Gasteiger partial charge < -0.3 is 5.32 Å². The molecule has 26 heavy (non-hydrogen) atoms. The Morgan fingerprint density at radius 2 is 1.88 bits per heavy atom. The van der Waals surface area contributed by atoms with Crippen molar-refractivity contribution in [3.8, 4) is 5.69 Å². The van der Waals surface area contributed by atoms with Crippen LogP contribution >= 0.6 is 11.8 Å². The topological polar surface area (TPSA) is 72.7 Å². The molecule has 1 N–H and O–H groups in total. The van der Waals surface area contributed by atoms with Gasteiger partial charge in [0, 0.05) is 5.69 Å². The first-order chi connectivity index (χ1) is 12.8. The lowest BCUT2D eigenvalue weighted by atomic mass is 10.1. The van der Waals surface area contributed by atoms with Gasteiger partial charge in [-0.05, 0) is 53.1 Å². The molecule has 134 valence electrons. The van der Waals surface area contributed by atoms with Crippen LogP contribution in [0.3, 0.4) is 0 Å². The van der Waals surface area contributed by atoms with Gasteiger partial charge >= 0.3 is 0 Å². The van der Waals surface area contributed by atoms with Gasteiger partial charge in [-0.1, -0.05) is 55.4 Å². The quantitative estimate of drug-likeness (QED) is 0.614. The zero-order valence-corrected chi connectivity index (χ0v) is 15.4. The number of carbonyl (C=O) groups is 1. The maximum absolute atomic E-state index is 12.2. The standard InChI is InChI=1S/C19H21N5OS/c1-2-3-7-15-10-12-16(13-11-15)20-18(25)14-26-19-21-22-23-24(19)17-8-5-4-6-9-17/h4-6,8-13H,2-3,7,14H2,1H3,(H,20,25). The Balaban J connectivity index is 1.54. The number of para-hydroxylation sites is 1. The van der Waals surface area contributed by atoms with Crippen molar-refractivity contribution >= 4 is 23.4 Å². The molecule has 3 rings (SSSR count). The fraction of sp³-hybridized carbons (Fsp3) is 0.263. The molecule has 0 aliphatic carbocycles. The SMILES string of the molecule is CCCCc1ccc(NC(=O)CSc2nnnn2-c2ccccc2)cc1. The van der Waals surface area contributed by atoms with E-state index >= 15 is 0 Å². The van der Waals surface area contributed by atoms with E-state index in [1.165, 1.54) is 30.2 Å². The van der Waals surface area contributed by atoms with E-state index in [9.17, 15) is 4.79 Å². The smallest absolute Gasteiger partial charge is 0.234 e. The zero-order valence-electron chi connectivity index (χ0n) is 14.6. The highest BCUT2D eigenvalue weighted by molar-refractivity contribution is 7.99. The van der Waals surface area contributed by atoms with Crippen molar-refractivity contribution in [3.05, 3.63) is 60.2 Å². The van der Waals surface area contributed by atoms with Crippen molar-refractivity contribution in [1.82, 2.24) is 20.2 Å². The summed E-state index contributed by atoms with van der Waals surface area (Å²) in [4.78, 5) is 12.2. The summed E-state index contributed by atoms with van der Waals surface area (Å²) in [6, 6.07) is 17.6. The number of rotatable bonds is 8. The van der Waals surface area contributed by atoms with Gasteiger partial charge in [0.15, 0.2) is 0 Å². The van der Waals surface area contributed by atoms with Crippen LogP contribution in [0.15, 0.2) is 59.8 Å². The van der Waals surface area contributed by atoms with Crippen molar-refractivity contribution in [2.45, 2.75) is 31.3 Å². The lowest BCUT2D eigenvalue weighted by molar-refractivity contribution is -0.113. The molecule has 0 fully saturated rings. The van der Waals surface area contributed by atoms with E-state index in [0.717, 1.165) is 17.8 Å². The average molecular weight is 367 g/mol. The monoisotopic (exact) mass is 367 g/mol. The van der Waals surface area contributed by atoms with E-state index in [-0.39, 0.29) is 11.7 Å². The number of thioether (sulfide) groups is 1. The van der Waals surface area contributed by atoms with Gasteiger partial charge in [0.2, 0.25) is 11.1 Å². The summed E-state index contributed by atoms with van der Waals surface area (Å²) in [7, 11) is 0. The molecule has 0 bridgehead atoms. The molecule has 1 aromatic heterocycles. The van der Waals surface area contributed by atoms with Crippen molar-refractivity contribution in [1.29, 1.82) is 0 Å². The minimum atomic E-state index is -0.0843.